The van der Waals surface area contributed by atoms with Crippen LogP contribution in [0.4, 0.5) is 0 Å². The molecular weight excluding hydrogens is 404 g/mol. The third kappa shape index (κ3) is 3.41. The lowest BCUT2D eigenvalue weighted by molar-refractivity contribution is 0.471. The van der Waals surface area contributed by atoms with Crippen LogP contribution < -0.4 is 5.56 Å². The van der Waals surface area contributed by atoms with Gasteiger partial charge in [0.15, 0.2) is 0 Å². The maximum absolute atomic E-state index is 13.1. The van der Waals surface area contributed by atoms with Crippen molar-refractivity contribution in [2.75, 3.05) is 0 Å². The minimum Gasteiger partial charge on any atom is -0.506 e. The van der Waals surface area contributed by atoms with Crippen molar-refractivity contribution < 1.29 is 5.11 Å². The van der Waals surface area contributed by atoms with Gasteiger partial charge in [0, 0.05) is 4.47 Å². The molecule has 5 heteroatoms. The van der Waals surface area contributed by atoms with Crippen LogP contribution in [0, 0.1) is 0 Å². The maximum atomic E-state index is 13.1. The highest BCUT2D eigenvalue weighted by Gasteiger charge is 2.13. The zero-order valence-electron chi connectivity index (χ0n) is 14.2. The Hall–Kier alpha value is -3.18. The van der Waals surface area contributed by atoms with Gasteiger partial charge in [-0.2, -0.15) is 0 Å². The molecular formula is C22H15BrN2O2. The quantitative estimate of drug-likeness (QED) is 0.507. The van der Waals surface area contributed by atoms with Crippen LogP contribution in [0.2, 0.25) is 0 Å². The lowest BCUT2D eigenvalue weighted by atomic mass is 10.2. The number of benzene rings is 3. The second kappa shape index (κ2) is 7.21. The minimum absolute atomic E-state index is 0.0220. The van der Waals surface area contributed by atoms with Gasteiger partial charge >= 0.3 is 0 Å². The number of halogens is 1. The number of aromatic hydroxyl groups is 1. The fraction of sp³-hybridized carbons (Fsp3) is 0. The third-order valence-corrected chi connectivity index (χ3v) is 4.69. The van der Waals surface area contributed by atoms with E-state index in [1.54, 1.807) is 42.5 Å². The molecule has 0 bridgehead atoms. The van der Waals surface area contributed by atoms with Gasteiger partial charge in [-0.15, -0.1) is 0 Å². The Morgan fingerprint density at radius 2 is 1.70 bits per heavy atom. The molecule has 3 aromatic carbocycles. The number of hydrogen-bond acceptors (Lipinski definition) is 3. The van der Waals surface area contributed by atoms with Gasteiger partial charge in [0.2, 0.25) is 0 Å². The Labute approximate surface area is 164 Å². The molecule has 27 heavy (non-hydrogen) atoms. The summed E-state index contributed by atoms with van der Waals surface area (Å²) in [4.78, 5) is 17.8. The minimum atomic E-state index is -0.226. The van der Waals surface area contributed by atoms with E-state index in [0.717, 1.165) is 10.0 Å². The fourth-order valence-corrected chi connectivity index (χ4v) is 3.35. The summed E-state index contributed by atoms with van der Waals surface area (Å²) in [7, 11) is 0. The molecule has 0 unspecified atom stereocenters. The Morgan fingerprint density at radius 3 is 2.52 bits per heavy atom. The van der Waals surface area contributed by atoms with E-state index in [-0.39, 0.29) is 11.3 Å². The van der Waals surface area contributed by atoms with E-state index in [0.29, 0.717) is 22.4 Å². The molecule has 0 saturated carbocycles. The summed E-state index contributed by atoms with van der Waals surface area (Å²) in [6.07, 6.45) is 3.67. The average molecular weight is 419 g/mol. The molecule has 0 aliphatic rings. The SMILES string of the molecule is O=c1c2ccccc2nc(/C=C/c2cccc(Br)c2)n1-c1ccccc1O. The Bertz CT molecular complexity index is 1230. The summed E-state index contributed by atoms with van der Waals surface area (Å²) >= 11 is 3.46. The van der Waals surface area contributed by atoms with Gasteiger partial charge in [-0.3, -0.25) is 9.36 Å². The van der Waals surface area contributed by atoms with E-state index in [4.69, 9.17) is 0 Å². The molecule has 1 N–H and O–H groups in total. The normalized spacial score (nSPS) is 11.3. The number of phenolic OH excluding ortho intramolecular Hbond substituents is 1. The lowest BCUT2D eigenvalue weighted by Crippen LogP contribution is -2.22. The van der Waals surface area contributed by atoms with Gasteiger partial charge in [0.05, 0.1) is 16.6 Å². The summed E-state index contributed by atoms with van der Waals surface area (Å²) in [6, 6.07) is 21.8. The van der Waals surface area contributed by atoms with Crippen molar-refractivity contribution in [1.82, 2.24) is 9.55 Å². The van der Waals surface area contributed by atoms with Gasteiger partial charge in [-0.1, -0.05) is 58.4 Å². The van der Waals surface area contributed by atoms with E-state index >= 15 is 0 Å². The van der Waals surface area contributed by atoms with Crippen LogP contribution in [-0.2, 0) is 0 Å². The van der Waals surface area contributed by atoms with E-state index in [9.17, 15) is 9.90 Å². The molecule has 0 aliphatic heterocycles. The van der Waals surface area contributed by atoms with Crippen LogP contribution in [0.3, 0.4) is 0 Å². The van der Waals surface area contributed by atoms with Crippen molar-refractivity contribution in [3.8, 4) is 11.4 Å². The standard InChI is InChI=1S/C22H15BrN2O2/c23-16-7-5-6-15(14-16)12-13-21-24-18-9-2-1-8-17(18)22(27)25(21)19-10-3-4-11-20(19)26/h1-14,26H/b13-12+. The number of hydrogen-bond donors (Lipinski definition) is 1. The predicted molar refractivity (Wildman–Crippen MR) is 112 cm³/mol. The first kappa shape index (κ1) is 17.2. The first-order valence-electron chi connectivity index (χ1n) is 8.37. The zero-order chi connectivity index (χ0) is 18.8. The van der Waals surface area contributed by atoms with Gasteiger partial charge in [0.25, 0.3) is 5.56 Å². The summed E-state index contributed by atoms with van der Waals surface area (Å²) in [6.45, 7) is 0. The largest absolute Gasteiger partial charge is 0.506 e. The number of phenols is 1. The van der Waals surface area contributed by atoms with Crippen LogP contribution in [0.1, 0.15) is 11.4 Å². The molecule has 4 aromatic rings. The number of fused-ring (bicyclic) bond motifs is 1. The topological polar surface area (TPSA) is 55.1 Å². The van der Waals surface area contributed by atoms with Crippen LogP contribution >= 0.6 is 15.9 Å². The highest BCUT2D eigenvalue weighted by molar-refractivity contribution is 9.10. The highest BCUT2D eigenvalue weighted by atomic mass is 79.9. The van der Waals surface area contributed by atoms with Crippen molar-refractivity contribution in [3.05, 3.63) is 99.0 Å². The van der Waals surface area contributed by atoms with Gasteiger partial charge in [-0.05, 0) is 48.0 Å². The first-order chi connectivity index (χ1) is 13.1. The molecule has 0 spiro atoms. The van der Waals surface area contributed by atoms with Crippen LogP contribution in [-0.4, -0.2) is 14.7 Å². The molecule has 1 aromatic heterocycles. The van der Waals surface area contributed by atoms with Gasteiger partial charge in [0.1, 0.15) is 11.6 Å². The molecule has 4 rings (SSSR count). The molecule has 0 radical (unpaired) electrons. The van der Waals surface area contributed by atoms with Crippen molar-refractivity contribution in [1.29, 1.82) is 0 Å². The monoisotopic (exact) mass is 418 g/mol. The summed E-state index contributed by atoms with van der Waals surface area (Å²) < 4.78 is 2.40. The molecule has 4 nitrogen and oxygen atoms in total. The second-order valence-corrected chi connectivity index (χ2v) is 6.92. The van der Waals surface area contributed by atoms with Crippen molar-refractivity contribution in [2.45, 2.75) is 0 Å². The number of rotatable bonds is 3. The fourth-order valence-electron chi connectivity index (χ4n) is 2.93. The number of para-hydroxylation sites is 3. The number of nitrogens with zero attached hydrogens (tertiary/aromatic N) is 2. The van der Waals surface area contributed by atoms with Crippen molar-refractivity contribution in [3.63, 3.8) is 0 Å². The Kier molecular flexibility index (Phi) is 4.60. The van der Waals surface area contributed by atoms with Crippen LogP contribution in [0.25, 0.3) is 28.7 Å². The summed E-state index contributed by atoms with van der Waals surface area (Å²) in [5.74, 6) is 0.467. The van der Waals surface area contributed by atoms with E-state index in [1.165, 1.54) is 4.57 Å². The Balaban J connectivity index is 1.97. The van der Waals surface area contributed by atoms with Crippen molar-refractivity contribution >= 4 is 39.0 Å². The molecule has 1 heterocycles. The summed E-state index contributed by atoms with van der Waals surface area (Å²) in [5.41, 5.74) is 1.75. The smallest absolute Gasteiger partial charge is 0.266 e. The average Bonchev–Trinajstić information content (AvgIpc) is 2.68. The number of aromatic nitrogens is 2. The lowest BCUT2D eigenvalue weighted by Gasteiger charge is -2.12. The van der Waals surface area contributed by atoms with Crippen LogP contribution in [0.15, 0.2) is 82.1 Å². The highest BCUT2D eigenvalue weighted by Crippen LogP contribution is 2.23. The van der Waals surface area contributed by atoms with E-state index in [2.05, 4.69) is 20.9 Å². The molecule has 0 aliphatic carbocycles. The third-order valence-electron chi connectivity index (χ3n) is 4.20. The molecule has 0 saturated heterocycles. The molecule has 0 fully saturated rings. The summed E-state index contributed by atoms with van der Waals surface area (Å²) in [5, 5.41) is 10.8. The first-order valence-corrected chi connectivity index (χ1v) is 9.16. The van der Waals surface area contributed by atoms with Gasteiger partial charge in [-0.25, -0.2) is 4.98 Å². The molecule has 0 atom stereocenters. The van der Waals surface area contributed by atoms with E-state index in [1.807, 2.05) is 42.5 Å². The maximum Gasteiger partial charge on any atom is 0.266 e. The van der Waals surface area contributed by atoms with E-state index < -0.39 is 0 Å². The zero-order valence-corrected chi connectivity index (χ0v) is 15.8. The van der Waals surface area contributed by atoms with Crippen LogP contribution in [0.5, 0.6) is 5.75 Å². The molecule has 132 valence electrons. The second-order valence-electron chi connectivity index (χ2n) is 6.00. The Morgan fingerprint density at radius 1 is 0.926 bits per heavy atom. The van der Waals surface area contributed by atoms with Gasteiger partial charge < -0.3 is 5.11 Å². The predicted octanol–water partition coefficient (Wildman–Crippen LogP) is 5.02. The molecule has 0 amide bonds. The van der Waals surface area contributed by atoms with Crippen molar-refractivity contribution in [2.24, 2.45) is 0 Å².